The van der Waals surface area contributed by atoms with Gasteiger partial charge in [-0.3, -0.25) is 5.10 Å². The van der Waals surface area contributed by atoms with E-state index in [4.69, 9.17) is 4.74 Å². The summed E-state index contributed by atoms with van der Waals surface area (Å²) in [4.78, 5) is 1.24. The van der Waals surface area contributed by atoms with Crippen LogP contribution in [0.2, 0.25) is 0 Å². The van der Waals surface area contributed by atoms with Gasteiger partial charge in [0.1, 0.15) is 0 Å². The van der Waals surface area contributed by atoms with Crippen molar-refractivity contribution in [1.29, 1.82) is 0 Å². The highest BCUT2D eigenvalue weighted by atomic mass is 32.1. The molecule has 1 saturated heterocycles. The van der Waals surface area contributed by atoms with E-state index in [1.54, 1.807) is 11.3 Å². The quantitative estimate of drug-likeness (QED) is 0.890. The summed E-state index contributed by atoms with van der Waals surface area (Å²) in [6.07, 6.45) is 4.26. The highest BCUT2D eigenvalue weighted by Crippen LogP contribution is 2.25. The van der Waals surface area contributed by atoms with E-state index in [-0.39, 0.29) is 0 Å². The molecule has 1 aliphatic heterocycles. The predicted molar refractivity (Wildman–Crippen MR) is 72.6 cm³/mol. The Morgan fingerprint density at radius 2 is 2.56 bits per heavy atom. The summed E-state index contributed by atoms with van der Waals surface area (Å²) < 4.78 is 5.47. The molecule has 18 heavy (non-hydrogen) atoms. The molecule has 1 unspecified atom stereocenters. The molecular formula is C13H17N3OS. The molecule has 0 bridgehead atoms. The van der Waals surface area contributed by atoms with Crippen LogP contribution in [0.25, 0.3) is 10.6 Å². The van der Waals surface area contributed by atoms with Gasteiger partial charge in [0.2, 0.25) is 0 Å². The fourth-order valence-corrected chi connectivity index (χ4v) is 2.99. The largest absolute Gasteiger partial charge is 0.380 e. The lowest BCUT2D eigenvalue weighted by atomic mass is 10.1. The van der Waals surface area contributed by atoms with Gasteiger partial charge in [-0.1, -0.05) is 6.07 Å². The Kier molecular flexibility index (Phi) is 3.73. The van der Waals surface area contributed by atoms with Crippen molar-refractivity contribution in [2.45, 2.75) is 25.4 Å². The first kappa shape index (κ1) is 11.9. The summed E-state index contributed by atoms with van der Waals surface area (Å²) >= 11 is 1.73. The Labute approximate surface area is 110 Å². The SMILES string of the molecule is c1csc(-c2[nH]ncc2CNC2CCCOC2)c1. The molecule has 0 saturated carbocycles. The molecular weight excluding hydrogens is 246 g/mol. The third kappa shape index (κ3) is 2.63. The molecule has 0 aliphatic carbocycles. The van der Waals surface area contributed by atoms with E-state index >= 15 is 0 Å². The van der Waals surface area contributed by atoms with E-state index in [0.717, 1.165) is 31.9 Å². The van der Waals surface area contributed by atoms with Gasteiger partial charge in [-0.2, -0.15) is 5.10 Å². The molecule has 3 rings (SSSR count). The molecule has 0 spiro atoms. The number of hydrogen-bond acceptors (Lipinski definition) is 4. The molecule has 0 radical (unpaired) electrons. The minimum absolute atomic E-state index is 0.477. The molecule has 2 aromatic heterocycles. The number of hydrogen-bond donors (Lipinski definition) is 2. The fraction of sp³-hybridized carbons (Fsp3) is 0.462. The van der Waals surface area contributed by atoms with Gasteiger partial charge in [0.05, 0.1) is 23.4 Å². The highest BCUT2D eigenvalue weighted by Gasteiger charge is 2.15. The zero-order valence-electron chi connectivity index (χ0n) is 10.2. The van der Waals surface area contributed by atoms with Crippen LogP contribution in [0.1, 0.15) is 18.4 Å². The minimum Gasteiger partial charge on any atom is -0.380 e. The first-order valence-electron chi connectivity index (χ1n) is 6.31. The van der Waals surface area contributed by atoms with E-state index in [1.807, 2.05) is 6.20 Å². The van der Waals surface area contributed by atoms with Gasteiger partial charge in [0, 0.05) is 24.8 Å². The second-order valence-corrected chi connectivity index (χ2v) is 5.49. The molecule has 2 aromatic rings. The predicted octanol–water partition coefficient (Wildman–Crippen LogP) is 2.41. The van der Waals surface area contributed by atoms with Gasteiger partial charge >= 0.3 is 0 Å². The maximum Gasteiger partial charge on any atom is 0.0794 e. The monoisotopic (exact) mass is 263 g/mol. The van der Waals surface area contributed by atoms with Gasteiger partial charge in [0.25, 0.3) is 0 Å². The van der Waals surface area contributed by atoms with Crippen LogP contribution in [0.4, 0.5) is 0 Å². The first-order chi connectivity index (χ1) is 8.93. The van der Waals surface area contributed by atoms with Crippen LogP contribution in [0.15, 0.2) is 23.7 Å². The summed E-state index contributed by atoms with van der Waals surface area (Å²) in [7, 11) is 0. The number of thiophene rings is 1. The van der Waals surface area contributed by atoms with Crippen molar-refractivity contribution in [2.75, 3.05) is 13.2 Å². The smallest absolute Gasteiger partial charge is 0.0794 e. The average Bonchev–Trinajstić information content (AvgIpc) is 3.08. The third-order valence-corrected chi connectivity index (χ3v) is 4.11. The fourth-order valence-electron chi connectivity index (χ4n) is 2.24. The van der Waals surface area contributed by atoms with Crippen molar-refractivity contribution in [2.24, 2.45) is 0 Å². The highest BCUT2D eigenvalue weighted by molar-refractivity contribution is 7.13. The van der Waals surface area contributed by atoms with Crippen LogP contribution in [0, 0.1) is 0 Å². The maximum atomic E-state index is 5.47. The molecule has 1 fully saturated rings. The van der Waals surface area contributed by atoms with Crippen molar-refractivity contribution in [3.05, 3.63) is 29.3 Å². The van der Waals surface area contributed by atoms with Crippen molar-refractivity contribution in [3.63, 3.8) is 0 Å². The summed E-state index contributed by atoms with van der Waals surface area (Å²) in [5.74, 6) is 0. The lowest BCUT2D eigenvalue weighted by Gasteiger charge is -2.23. The zero-order valence-corrected chi connectivity index (χ0v) is 11.0. The van der Waals surface area contributed by atoms with Gasteiger partial charge in [-0.05, 0) is 24.3 Å². The molecule has 0 amide bonds. The molecule has 5 heteroatoms. The van der Waals surface area contributed by atoms with E-state index in [1.165, 1.54) is 16.9 Å². The third-order valence-electron chi connectivity index (χ3n) is 3.23. The minimum atomic E-state index is 0.477. The number of aromatic nitrogens is 2. The second-order valence-electron chi connectivity index (χ2n) is 4.54. The summed E-state index contributed by atoms with van der Waals surface area (Å²) in [6, 6.07) is 4.66. The van der Waals surface area contributed by atoms with Gasteiger partial charge in [-0.15, -0.1) is 11.3 Å². The molecule has 96 valence electrons. The van der Waals surface area contributed by atoms with Crippen LogP contribution in [-0.2, 0) is 11.3 Å². The van der Waals surface area contributed by atoms with Crippen LogP contribution >= 0.6 is 11.3 Å². The summed E-state index contributed by atoms with van der Waals surface area (Å²) in [5.41, 5.74) is 2.36. The molecule has 2 N–H and O–H groups in total. The van der Waals surface area contributed by atoms with Crippen LogP contribution in [0.3, 0.4) is 0 Å². The Hall–Kier alpha value is -1.17. The summed E-state index contributed by atoms with van der Waals surface area (Å²) in [5, 5.41) is 12.9. The van der Waals surface area contributed by atoms with E-state index in [9.17, 15) is 0 Å². The lowest BCUT2D eigenvalue weighted by molar-refractivity contribution is 0.0699. The van der Waals surface area contributed by atoms with E-state index < -0.39 is 0 Å². The molecule has 4 nitrogen and oxygen atoms in total. The Morgan fingerprint density at radius 1 is 1.56 bits per heavy atom. The number of H-pyrrole nitrogens is 1. The van der Waals surface area contributed by atoms with Crippen molar-refractivity contribution >= 4 is 11.3 Å². The van der Waals surface area contributed by atoms with Crippen LogP contribution in [0.5, 0.6) is 0 Å². The van der Waals surface area contributed by atoms with Crippen molar-refractivity contribution in [3.8, 4) is 10.6 Å². The summed E-state index contributed by atoms with van der Waals surface area (Å²) in [6.45, 7) is 2.58. The normalized spacial score (nSPS) is 20.1. The zero-order chi connectivity index (χ0) is 12.2. The number of ether oxygens (including phenoxy) is 1. The van der Waals surface area contributed by atoms with Crippen LogP contribution < -0.4 is 5.32 Å². The topological polar surface area (TPSA) is 49.9 Å². The second kappa shape index (κ2) is 5.65. The average molecular weight is 263 g/mol. The molecule has 3 heterocycles. The first-order valence-corrected chi connectivity index (χ1v) is 7.18. The van der Waals surface area contributed by atoms with E-state index in [2.05, 4.69) is 33.0 Å². The number of nitrogens with zero attached hydrogens (tertiary/aromatic N) is 1. The van der Waals surface area contributed by atoms with Gasteiger partial charge in [-0.25, -0.2) is 0 Å². The Balaban J connectivity index is 1.64. The van der Waals surface area contributed by atoms with E-state index in [0.29, 0.717) is 6.04 Å². The number of nitrogens with one attached hydrogen (secondary N) is 2. The number of aromatic amines is 1. The van der Waals surface area contributed by atoms with Gasteiger partial charge < -0.3 is 10.1 Å². The van der Waals surface area contributed by atoms with Crippen LogP contribution in [-0.4, -0.2) is 29.5 Å². The molecule has 0 aromatic carbocycles. The Bertz CT molecular complexity index is 474. The van der Waals surface area contributed by atoms with Gasteiger partial charge in [0.15, 0.2) is 0 Å². The molecule has 1 atom stereocenters. The Morgan fingerprint density at radius 3 is 3.33 bits per heavy atom. The number of rotatable bonds is 4. The maximum absolute atomic E-state index is 5.47. The standard InChI is InChI=1S/C13H17N3OS/c1-3-11(9-17-5-1)14-7-10-8-15-16-13(10)12-4-2-6-18-12/h2,4,6,8,11,14H,1,3,5,7,9H2,(H,15,16). The van der Waals surface area contributed by atoms with Crippen molar-refractivity contribution in [1.82, 2.24) is 15.5 Å². The van der Waals surface area contributed by atoms with Crippen molar-refractivity contribution < 1.29 is 4.74 Å². The molecule has 1 aliphatic rings. The lowest BCUT2D eigenvalue weighted by Crippen LogP contribution is -2.36.